The molecular formula is C20H18N6O2S. The van der Waals surface area contributed by atoms with E-state index in [0.717, 1.165) is 5.56 Å². The molecule has 0 aliphatic carbocycles. The van der Waals surface area contributed by atoms with Gasteiger partial charge in [-0.05, 0) is 17.0 Å². The molecule has 2 N–H and O–H groups in total. The summed E-state index contributed by atoms with van der Waals surface area (Å²) >= 11 is 1.34. The van der Waals surface area contributed by atoms with Gasteiger partial charge in [0.15, 0.2) is 5.69 Å². The van der Waals surface area contributed by atoms with Crippen LogP contribution in [0, 0.1) is 0 Å². The Balaban J connectivity index is 1.41. The van der Waals surface area contributed by atoms with E-state index >= 15 is 0 Å². The fourth-order valence-corrected chi connectivity index (χ4v) is 3.38. The molecule has 0 saturated heterocycles. The molecule has 0 aliphatic rings. The van der Waals surface area contributed by atoms with Crippen molar-refractivity contribution in [2.24, 2.45) is 7.05 Å². The lowest BCUT2D eigenvalue weighted by Crippen LogP contribution is -2.13. The number of rotatable bonds is 6. The molecule has 0 fully saturated rings. The van der Waals surface area contributed by atoms with E-state index in [1.165, 1.54) is 22.1 Å². The standard InChI is InChI=1S/C20H18N6O2S/c1-25-18(23-20(28)17-8-5-9-29-17)10-16(24-25)19(27)22-15-11-21-26(13-15)12-14-6-3-2-4-7-14/h2-11,13H,12H2,1H3,(H,22,27)(H,23,28). The summed E-state index contributed by atoms with van der Waals surface area (Å²) in [6.07, 6.45) is 3.34. The number of carbonyl (C=O) groups is 2. The zero-order chi connectivity index (χ0) is 20.2. The van der Waals surface area contributed by atoms with Crippen molar-refractivity contribution in [3.05, 3.63) is 82.4 Å². The molecule has 4 rings (SSSR count). The van der Waals surface area contributed by atoms with Crippen LogP contribution in [0.4, 0.5) is 11.5 Å². The van der Waals surface area contributed by atoms with Crippen LogP contribution in [0.3, 0.4) is 0 Å². The highest BCUT2D eigenvalue weighted by Gasteiger charge is 2.16. The van der Waals surface area contributed by atoms with Crippen LogP contribution in [-0.4, -0.2) is 31.4 Å². The van der Waals surface area contributed by atoms with Gasteiger partial charge in [0.25, 0.3) is 11.8 Å². The Labute approximate surface area is 170 Å². The van der Waals surface area contributed by atoms with E-state index in [0.29, 0.717) is 22.9 Å². The number of amides is 2. The van der Waals surface area contributed by atoms with E-state index in [1.54, 1.807) is 36.3 Å². The summed E-state index contributed by atoms with van der Waals surface area (Å²) in [6.45, 7) is 0.610. The Hall–Kier alpha value is -3.72. The Bertz CT molecular complexity index is 1130. The molecule has 9 heteroatoms. The van der Waals surface area contributed by atoms with Gasteiger partial charge in [-0.25, -0.2) is 0 Å². The summed E-state index contributed by atoms with van der Waals surface area (Å²) in [5.41, 5.74) is 1.88. The van der Waals surface area contributed by atoms with E-state index in [4.69, 9.17) is 0 Å². The Morgan fingerprint density at radius 1 is 1.07 bits per heavy atom. The fraction of sp³-hybridized carbons (Fsp3) is 0.100. The average molecular weight is 406 g/mol. The minimum Gasteiger partial charge on any atom is -0.318 e. The summed E-state index contributed by atoms with van der Waals surface area (Å²) in [7, 11) is 1.67. The molecule has 8 nitrogen and oxygen atoms in total. The first kappa shape index (κ1) is 18.6. The molecule has 0 bridgehead atoms. The van der Waals surface area contributed by atoms with Gasteiger partial charge in [0.2, 0.25) is 0 Å². The van der Waals surface area contributed by atoms with Gasteiger partial charge in [-0.2, -0.15) is 10.2 Å². The first-order chi connectivity index (χ1) is 14.1. The normalized spacial score (nSPS) is 10.7. The molecule has 0 atom stereocenters. The first-order valence-electron chi connectivity index (χ1n) is 8.85. The molecule has 146 valence electrons. The summed E-state index contributed by atoms with van der Waals surface area (Å²) < 4.78 is 3.20. The van der Waals surface area contributed by atoms with Gasteiger partial charge >= 0.3 is 0 Å². The lowest BCUT2D eigenvalue weighted by Gasteiger charge is -2.02. The second-order valence-electron chi connectivity index (χ2n) is 6.34. The van der Waals surface area contributed by atoms with Crippen molar-refractivity contribution in [3.63, 3.8) is 0 Å². The maximum absolute atomic E-state index is 12.5. The van der Waals surface area contributed by atoms with E-state index in [9.17, 15) is 9.59 Å². The average Bonchev–Trinajstić information content (AvgIpc) is 3.45. The molecule has 2 amide bonds. The summed E-state index contributed by atoms with van der Waals surface area (Å²) in [5.74, 6) is -0.179. The number of aryl methyl sites for hydroxylation is 1. The summed E-state index contributed by atoms with van der Waals surface area (Å²) in [4.78, 5) is 25.3. The molecule has 0 aliphatic heterocycles. The number of thiophene rings is 1. The number of hydrogen-bond donors (Lipinski definition) is 2. The Morgan fingerprint density at radius 2 is 1.90 bits per heavy atom. The highest BCUT2D eigenvalue weighted by atomic mass is 32.1. The quantitative estimate of drug-likeness (QED) is 0.514. The molecule has 0 radical (unpaired) electrons. The van der Waals surface area contributed by atoms with Crippen LogP contribution in [0.1, 0.15) is 25.7 Å². The minimum absolute atomic E-state index is 0.199. The number of nitrogens with zero attached hydrogens (tertiary/aromatic N) is 4. The van der Waals surface area contributed by atoms with Crippen molar-refractivity contribution in [1.82, 2.24) is 19.6 Å². The highest BCUT2D eigenvalue weighted by Crippen LogP contribution is 2.16. The number of aromatic nitrogens is 4. The van der Waals surface area contributed by atoms with Gasteiger partial charge in [0.05, 0.1) is 23.3 Å². The van der Waals surface area contributed by atoms with Gasteiger partial charge in [-0.1, -0.05) is 36.4 Å². The molecule has 3 aromatic heterocycles. The third-order valence-electron chi connectivity index (χ3n) is 4.18. The molecule has 0 unspecified atom stereocenters. The van der Waals surface area contributed by atoms with Crippen LogP contribution >= 0.6 is 11.3 Å². The predicted molar refractivity (Wildman–Crippen MR) is 111 cm³/mol. The molecule has 3 heterocycles. The maximum Gasteiger partial charge on any atom is 0.276 e. The van der Waals surface area contributed by atoms with Crippen LogP contribution in [-0.2, 0) is 13.6 Å². The van der Waals surface area contributed by atoms with Crippen LogP contribution in [0.2, 0.25) is 0 Å². The second-order valence-corrected chi connectivity index (χ2v) is 7.28. The zero-order valence-corrected chi connectivity index (χ0v) is 16.4. The largest absolute Gasteiger partial charge is 0.318 e. The van der Waals surface area contributed by atoms with Crippen molar-refractivity contribution < 1.29 is 9.59 Å². The number of nitrogens with one attached hydrogen (secondary N) is 2. The maximum atomic E-state index is 12.5. The summed E-state index contributed by atoms with van der Waals surface area (Å²) in [5, 5.41) is 15.8. The molecule has 1 aromatic carbocycles. The van der Waals surface area contributed by atoms with Crippen LogP contribution < -0.4 is 10.6 Å². The van der Waals surface area contributed by atoms with Crippen LogP contribution in [0.5, 0.6) is 0 Å². The van der Waals surface area contributed by atoms with Crippen LogP contribution in [0.25, 0.3) is 0 Å². The van der Waals surface area contributed by atoms with Crippen molar-refractivity contribution >= 4 is 34.7 Å². The Kier molecular flexibility index (Phi) is 5.21. The first-order valence-corrected chi connectivity index (χ1v) is 9.73. The van der Waals surface area contributed by atoms with E-state index in [2.05, 4.69) is 20.8 Å². The van der Waals surface area contributed by atoms with Gasteiger partial charge in [0.1, 0.15) is 5.82 Å². The van der Waals surface area contributed by atoms with Gasteiger partial charge in [-0.3, -0.25) is 19.0 Å². The Morgan fingerprint density at radius 3 is 2.66 bits per heavy atom. The van der Waals surface area contributed by atoms with E-state index in [1.807, 2.05) is 35.7 Å². The summed E-state index contributed by atoms with van der Waals surface area (Å²) in [6, 6.07) is 15.0. The SMILES string of the molecule is Cn1nc(C(=O)Nc2cnn(Cc3ccccc3)c2)cc1NC(=O)c1cccs1. The van der Waals surface area contributed by atoms with E-state index < -0.39 is 0 Å². The number of anilines is 2. The number of benzene rings is 1. The lowest BCUT2D eigenvalue weighted by molar-refractivity contribution is 0.101. The lowest BCUT2D eigenvalue weighted by atomic mass is 10.2. The second kappa shape index (κ2) is 8.11. The molecule has 29 heavy (non-hydrogen) atoms. The number of carbonyl (C=O) groups excluding carboxylic acids is 2. The highest BCUT2D eigenvalue weighted by molar-refractivity contribution is 7.12. The molecule has 0 saturated carbocycles. The van der Waals surface area contributed by atoms with E-state index in [-0.39, 0.29) is 17.5 Å². The molecule has 4 aromatic rings. The van der Waals surface area contributed by atoms with Crippen LogP contribution in [0.15, 0.2) is 66.3 Å². The minimum atomic E-state index is -0.378. The molecular weight excluding hydrogens is 388 g/mol. The van der Waals surface area contributed by atoms with Crippen molar-refractivity contribution in [3.8, 4) is 0 Å². The van der Waals surface area contributed by atoms with Crippen molar-refractivity contribution in [1.29, 1.82) is 0 Å². The zero-order valence-electron chi connectivity index (χ0n) is 15.6. The third-order valence-corrected chi connectivity index (χ3v) is 5.05. The van der Waals surface area contributed by atoms with Gasteiger partial charge in [-0.15, -0.1) is 11.3 Å². The number of hydrogen-bond acceptors (Lipinski definition) is 5. The smallest absolute Gasteiger partial charge is 0.276 e. The predicted octanol–water partition coefficient (Wildman–Crippen LogP) is 3.23. The topological polar surface area (TPSA) is 93.8 Å². The van der Waals surface area contributed by atoms with Crippen molar-refractivity contribution in [2.45, 2.75) is 6.54 Å². The van der Waals surface area contributed by atoms with Crippen molar-refractivity contribution in [2.75, 3.05) is 10.6 Å². The monoisotopic (exact) mass is 406 g/mol. The molecule has 0 spiro atoms. The fourth-order valence-electron chi connectivity index (χ4n) is 2.76. The third kappa shape index (κ3) is 4.41. The van der Waals surface area contributed by atoms with Gasteiger partial charge in [0, 0.05) is 19.3 Å². The van der Waals surface area contributed by atoms with Gasteiger partial charge < -0.3 is 10.6 Å².